The second kappa shape index (κ2) is 7.13. The summed E-state index contributed by atoms with van der Waals surface area (Å²) in [5.74, 6) is -0.154. The largest absolute Gasteiger partial charge is 0.466 e. The molecule has 0 radical (unpaired) electrons. The first-order valence-electron chi connectivity index (χ1n) is 7.96. The third kappa shape index (κ3) is 3.23. The molecule has 1 heterocycles. The van der Waals surface area contributed by atoms with Crippen molar-refractivity contribution in [1.29, 1.82) is 0 Å². The van der Waals surface area contributed by atoms with Crippen LogP contribution in [0, 0.1) is 0 Å². The molecule has 0 aliphatic carbocycles. The molecule has 3 aromatic rings. The van der Waals surface area contributed by atoms with E-state index in [1.165, 1.54) is 0 Å². The first kappa shape index (κ1) is 16.0. The van der Waals surface area contributed by atoms with E-state index in [4.69, 9.17) is 9.15 Å². The number of furan rings is 1. The molecule has 4 nitrogen and oxygen atoms in total. The molecule has 0 unspecified atom stereocenters. The van der Waals surface area contributed by atoms with E-state index >= 15 is 0 Å². The summed E-state index contributed by atoms with van der Waals surface area (Å²) < 4.78 is 10.8. The van der Waals surface area contributed by atoms with E-state index in [1.807, 2.05) is 42.5 Å². The van der Waals surface area contributed by atoms with Gasteiger partial charge in [-0.1, -0.05) is 48.5 Å². The van der Waals surface area contributed by atoms with Crippen LogP contribution in [0.15, 0.2) is 59.0 Å². The minimum absolute atomic E-state index is 0.175. The number of esters is 1. The molecule has 24 heavy (non-hydrogen) atoms. The number of carbonyl (C=O) groups is 2. The highest BCUT2D eigenvalue weighted by Crippen LogP contribution is 2.29. The van der Waals surface area contributed by atoms with Crippen LogP contribution in [0.25, 0.3) is 11.0 Å². The minimum atomic E-state index is -0.277. The number of fused-ring (bicyclic) bond motifs is 1. The van der Waals surface area contributed by atoms with Crippen molar-refractivity contribution < 1.29 is 18.7 Å². The van der Waals surface area contributed by atoms with E-state index < -0.39 is 0 Å². The predicted octanol–water partition coefficient (Wildman–Crippen LogP) is 4.16. The Balaban J connectivity index is 1.99. The second-order valence-electron chi connectivity index (χ2n) is 5.41. The molecule has 0 aliphatic heterocycles. The summed E-state index contributed by atoms with van der Waals surface area (Å²) in [4.78, 5) is 24.5. The van der Waals surface area contributed by atoms with E-state index in [-0.39, 0.29) is 18.2 Å². The lowest BCUT2D eigenvalue weighted by Gasteiger charge is -2.04. The van der Waals surface area contributed by atoms with Gasteiger partial charge >= 0.3 is 5.97 Å². The maximum atomic E-state index is 12.8. The molecule has 2 aromatic carbocycles. The van der Waals surface area contributed by atoms with Gasteiger partial charge in [0.05, 0.1) is 6.61 Å². The molecule has 0 spiro atoms. The van der Waals surface area contributed by atoms with E-state index in [0.29, 0.717) is 29.9 Å². The number of ether oxygens (including phenoxy) is 1. The molecule has 0 aliphatic rings. The lowest BCUT2D eigenvalue weighted by molar-refractivity contribution is -0.143. The van der Waals surface area contributed by atoms with Crippen molar-refractivity contribution in [2.24, 2.45) is 0 Å². The highest BCUT2D eigenvalue weighted by Gasteiger charge is 2.22. The van der Waals surface area contributed by atoms with Crippen molar-refractivity contribution in [3.63, 3.8) is 0 Å². The van der Waals surface area contributed by atoms with Crippen LogP contribution in [-0.4, -0.2) is 18.4 Å². The van der Waals surface area contributed by atoms with Crippen LogP contribution >= 0.6 is 0 Å². The Labute approximate surface area is 140 Å². The molecule has 0 atom stereocenters. The van der Waals surface area contributed by atoms with Gasteiger partial charge in [0.2, 0.25) is 5.78 Å². The highest BCUT2D eigenvalue weighted by atomic mass is 16.5. The van der Waals surface area contributed by atoms with Crippen molar-refractivity contribution in [3.05, 3.63) is 71.5 Å². The molecule has 122 valence electrons. The minimum Gasteiger partial charge on any atom is -0.466 e. The summed E-state index contributed by atoms with van der Waals surface area (Å²) in [5, 5.41) is 0.862. The number of hydrogen-bond donors (Lipinski definition) is 0. The standard InChI is InChI=1S/C20H18O4/c1-2-23-18(21)13-12-16-15-10-6-7-11-17(15)24-20(16)19(22)14-8-4-3-5-9-14/h3-11H,2,12-13H2,1H3. The van der Waals surface area contributed by atoms with Gasteiger partial charge in [0, 0.05) is 22.9 Å². The molecule has 0 saturated carbocycles. The molecule has 3 rings (SSSR count). The third-order valence-corrected chi connectivity index (χ3v) is 3.82. The molecular formula is C20H18O4. The average Bonchev–Trinajstić information content (AvgIpc) is 2.99. The molecular weight excluding hydrogens is 304 g/mol. The van der Waals surface area contributed by atoms with Gasteiger partial charge in [0.15, 0.2) is 5.76 Å². The molecule has 0 N–H and O–H groups in total. The third-order valence-electron chi connectivity index (χ3n) is 3.82. The van der Waals surface area contributed by atoms with Crippen LogP contribution in [0.5, 0.6) is 0 Å². The number of hydrogen-bond acceptors (Lipinski definition) is 4. The number of carbonyl (C=O) groups excluding carboxylic acids is 2. The zero-order valence-corrected chi connectivity index (χ0v) is 13.5. The summed E-state index contributed by atoms with van der Waals surface area (Å²) in [6, 6.07) is 16.5. The molecule has 0 saturated heterocycles. The molecule has 0 bridgehead atoms. The Morgan fingerprint density at radius 1 is 1.00 bits per heavy atom. The summed E-state index contributed by atoms with van der Waals surface area (Å²) in [7, 11) is 0. The summed E-state index contributed by atoms with van der Waals surface area (Å²) >= 11 is 0. The number of ketones is 1. The van der Waals surface area contributed by atoms with Gasteiger partial charge in [0.25, 0.3) is 0 Å². The van der Waals surface area contributed by atoms with E-state index in [1.54, 1.807) is 19.1 Å². The van der Waals surface area contributed by atoms with Gasteiger partial charge < -0.3 is 9.15 Å². The Kier molecular flexibility index (Phi) is 4.75. The van der Waals surface area contributed by atoms with Gasteiger partial charge in [-0.3, -0.25) is 9.59 Å². The van der Waals surface area contributed by atoms with Crippen molar-refractivity contribution in [2.45, 2.75) is 19.8 Å². The van der Waals surface area contributed by atoms with E-state index in [9.17, 15) is 9.59 Å². The summed E-state index contributed by atoms with van der Waals surface area (Å²) in [6.07, 6.45) is 0.621. The van der Waals surface area contributed by atoms with Crippen LogP contribution in [0.3, 0.4) is 0 Å². The van der Waals surface area contributed by atoms with E-state index in [0.717, 1.165) is 10.9 Å². The maximum absolute atomic E-state index is 12.8. The highest BCUT2D eigenvalue weighted by molar-refractivity contribution is 6.10. The van der Waals surface area contributed by atoms with Crippen LogP contribution in [0.2, 0.25) is 0 Å². The van der Waals surface area contributed by atoms with Crippen molar-refractivity contribution in [2.75, 3.05) is 6.61 Å². The lowest BCUT2D eigenvalue weighted by Crippen LogP contribution is -2.08. The van der Waals surface area contributed by atoms with Gasteiger partial charge in [-0.15, -0.1) is 0 Å². The SMILES string of the molecule is CCOC(=O)CCc1c(C(=O)c2ccccc2)oc2ccccc12. The number of aryl methyl sites for hydroxylation is 1. The fourth-order valence-corrected chi connectivity index (χ4v) is 2.71. The van der Waals surface area contributed by atoms with E-state index in [2.05, 4.69) is 0 Å². The van der Waals surface area contributed by atoms with Gasteiger partial charge in [-0.05, 0) is 19.4 Å². The molecule has 4 heteroatoms. The topological polar surface area (TPSA) is 56.5 Å². The number of benzene rings is 2. The Morgan fingerprint density at radius 2 is 1.71 bits per heavy atom. The Bertz CT molecular complexity index is 862. The molecule has 0 amide bonds. The quantitative estimate of drug-likeness (QED) is 0.505. The van der Waals surface area contributed by atoms with Crippen LogP contribution < -0.4 is 0 Å². The first-order valence-corrected chi connectivity index (χ1v) is 7.96. The molecule has 1 aromatic heterocycles. The Hall–Kier alpha value is -2.88. The first-order chi connectivity index (χ1) is 11.7. The van der Waals surface area contributed by atoms with Gasteiger partial charge in [0.1, 0.15) is 5.58 Å². The molecule has 0 fully saturated rings. The second-order valence-corrected chi connectivity index (χ2v) is 5.41. The normalized spacial score (nSPS) is 10.7. The maximum Gasteiger partial charge on any atom is 0.306 e. The monoisotopic (exact) mass is 322 g/mol. The zero-order chi connectivity index (χ0) is 16.9. The fourth-order valence-electron chi connectivity index (χ4n) is 2.71. The Morgan fingerprint density at radius 3 is 2.46 bits per heavy atom. The van der Waals surface area contributed by atoms with Crippen molar-refractivity contribution in [1.82, 2.24) is 0 Å². The van der Waals surface area contributed by atoms with Crippen LogP contribution in [-0.2, 0) is 16.0 Å². The van der Waals surface area contributed by atoms with Crippen molar-refractivity contribution in [3.8, 4) is 0 Å². The van der Waals surface area contributed by atoms with Crippen LogP contribution in [0.1, 0.15) is 35.0 Å². The van der Waals surface area contributed by atoms with Gasteiger partial charge in [-0.2, -0.15) is 0 Å². The average molecular weight is 322 g/mol. The van der Waals surface area contributed by atoms with Crippen LogP contribution in [0.4, 0.5) is 0 Å². The smallest absolute Gasteiger partial charge is 0.306 e. The number of rotatable bonds is 6. The van der Waals surface area contributed by atoms with Crippen molar-refractivity contribution >= 4 is 22.7 Å². The summed E-state index contributed by atoms with van der Waals surface area (Å²) in [6.45, 7) is 2.12. The predicted molar refractivity (Wildman–Crippen MR) is 91.0 cm³/mol. The number of para-hydroxylation sites is 1. The summed E-state index contributed by atoms with van der Waals surface area (Å²) in [5.41, 5.74) is 1.97. The van der Waals surface area contributed by atoms with Gasteiger partial charge in [-0.25, -0.2) is 0 Å². The lowest BCUT2D eigenvalue weighted by atomic mass is 10.0. The zero-order valence-electron chi connectivity index (χ0n) is 13.5. The fraction of sp³-hybridized carbons (Fsp3) is 0.200.